The molecule has 6 nitrogen and oxygen atoms in total. The van der Waals surface area contributed by atoms with E-state index in [2.05, 4.69) is 39.5 Å². The molecule has 23 heavy (non-hydrogen) atoms. The summed E-state index contributed by atoms with van der Waals surface area (Å²) in [5.41, 5.74) is 1.83. The molecule has 0 bridgehead atoms. The molecule has 1 aliphatic heterocycles. The summed E-state index contributed by atoms with van der Waals surface area (Å²) in [5, 5.41) is 10.7. The van der Waals surface area contributed by atoms with Gasteiger partial charge in [0.05, 0.1) is 17.9 Å². The van der Waals surface area contributed by atoms with Crippen LogP contribution in [-0.4, -0.2) is 44.9 Å². The van der Waals surface area contributed by atoms with Crippen LogP contribution >= 0.6 is 12.4 Å². The first-order chi connectivity index (χ1) is 10.5. The second-order valence-corrected chi connectivity index (χ2v) is 6.35. The van der Waals surface area contributed by atoms with Gasteiger partial charge in [0.1, 0.15) is 17.5 Å². The molecule has 3 rings (SSSR count). The Morgan fingerprint density at radius 1 is 1.48 bits per heavy atom. The maximum absolute atomic E-state index is 13.9. The summed E-state index contributed by atoms with van der Waals surface area (Å²) in [5.74, 6) is 1.88. The Morgan fingerprint density at radius 2 is 2.26 bits per heavy atom. The van der Waals surface area contributed by atoms with Crippen LogP contribution in [0.4, 0.5) is 10.3 Å². The zero-order valence-electron chi connectivity index (χ0n) is 13.7. The van der Waals surface area contributed by atoms with Crippen molar-refractivity contribution in [1.29, 1.82) is 0 Å². The minimum atomic E-state index is -0.923. The normalized spacial score (nSPS) is 21.4. The molecule has 2 atom stereocenters. The standard InChI is InChI=1S/C15H23FN6.ClH/c1-9(2)6-14-19-10(3)13-8-18-15(21-22(13)14)20-12-4-5-17-7-11(12)16;/h8-9,11-12,17H,4-7H2,1-3H3,(H,20,21);1H/t11-,12-;/m1./s1. The fourth-order valence-electron chi connectivity index (χ4n) is 2.81. The first-order valence-corrected chi connectivity index (χ1v) is 7.87. The monoisotopic (exact) mass is 342 g/mol. The van der Waals surface area contributed by atoms with Gasteiger partial charge in [0.2, 0.25) is 5.95 Å². The third kappa shape index (κ3) is 3.90. The molecule has 0 amide bonds. The topological polar surface area (TPSA) is 67.1 Å². The highest BCUT2D eigenvalue weighted by Crippen LogP contribution is 2.16. The van der Waals surface area contributed by atoms with Gasteiger partial charge in [-0.15, -0.1) is 17.5 Å². The average molecular weight is 343 g/mol. The molecule has 1 fully saturated rings. The number of hydrogen-bond acceptors (Lipinski definition) is 5. The molecule has 0 aromatic carbocycles. The van der Waals surface area contributed by atoms with E-state index < -0.39 is 6.17 Å². The number of halogens is 2. The van der Waals surface area contributed by atoms with Gasteiger partial charge >= 0.3 is 0 Å². The molecule has 2 aromatic heterocycles. The second-order valence-electron chi connectivity index (χ2n) is 6.35. The molecular formula is C15H24ClFN6. The van der Waals surface area contributed by atoms with Gasteiger partial charge in [-0.3, -0.25) is 0 Å². The van der Waals surface area contributed by atoms with Gasteiger partial charge in [-0.1, -0.05) is 13.8 Å². The largest absolute Gasteiger partial charge is 0.347 e. The third-order valence-electron chi connectivity index (χ3n) is 3.96. The Kier molecular flexibility index (Phi) is 5.75. The molecule has 2 N–H and O–H groups in total. The van der Waals surface area contributed by atoms with Crippen LogP contribution in [0.1, 0.15) is 31.8 Å². The molecule has 8 heteroatoms. The molecule has 0 saturated carbocycles. The summed E-state index contributed by atoms with van der Waals surface area (Å²) in [4.78, 5) is 8.90. The Morgan fingerprint density at radius 3 is 2.96 bits per heavy atom. The van der Waals surface area contributed by atoms with E-state index in [-0.39, 0.29) is 18.4 Å². The molecule has 128 valence electrons. The molecular weight excluding hydrogens is 319 g/mol. The highest BCUT2D eigenvalue weighted by molar-refractivity contribution is 5.85. The van der Waals surface area contributed by atoms with Gasteiger partial charge in [-0.25, -0.2) is 18.9 Å². The van der Waals surface area contributed by atoms with E-state index in [1.54, 1.807) is 6.20 Å². The number of aryl methyl sites for hydroxylation is 1. The van der Waals surface area contributed by atoms with E-state index in [1.807, 2.05) is 11.4 Å². The van der Waals surface area contributed by atoms with Crippen molar-refractivity contribution in [2.75, 3.05) is 18.4 Å². The van der Waals surface area contributed by atoms with Crippen LogP contribution in [0.15, 0.2) is 6.20 Å². The summed E-state index contributed by atoms with van der Waals surface area (Å²) >= 11 is 0. The SMILES string of the molecule is Cc1nc(CC(C)C)n2nc(N[C@@H]3CCNC[C@H]3F)ncc12.Cl. The summed E-state index contributed by atoms with van der Waals surface area (Å²) in [6.45, 7) is 7.45. The highest BCUT2D eigenvalue weighted by atomic mass is 35.5. The number of anilines is 1. The van der Waals surface area contributed by atoms with Gasteiger partial charge in [0, 0.05) is 13.0 Å². The molecule has 1 aliphatic rings. The molecule has 1 saturated heterocycles. The van der Waals surface area contributed by atoms with Gasteiger partial charge < -0.3 is 10.6 Å². The van der Waals surface area contributed by atoms with E-state index in [9.17, 15) is 4.39 Å². The summed E-state index contributed by atoms with van der Waals surface area (Å²) < 4.78 is 15.7. The van der Waals surface area contributed by atoms with Crippen molar-refractivity contribution in [3.8, 4) is 0 Å². The summed E-state index contributed by atoms with van der Waals surface area (Å²) in [6, 6.07) is -0.239. The van der Waals surface area contributed by atoms with Crippen molar-refractivity contribution >= 4 is 23.9 Å². The quantitative estimate of drug-likeness (QED) is 0.891. The number of alkyl halides is 1. The molecule has 2 aromatic rings. The van der Waals surface area contributed by atoms with Crippen molar-refractivity contribution in [3.63, 3.8) is 0 Å². The Labute approximate surface area is 141 Å². The summed E-state index contributed by atoms with van der Waals surface area (Å²) in [7, 11) is 0. The van der Waals surface area contributed by atoms with E-state index in [0.29, 0.717) is 18.4 Å². The number of aromatic nitrogens is 4. The van der Waals surface area contributed by atoms with E-state index in [4.69, 9.17) is 0 Å². The first-order valence-electron chi connectivity index (χ1n) is 7.87. The number of imidazole rings is 1. The Bertz CT molecular complexity index is 659. The molecule has 0 radical (unpaired) electrons. The van der Waals surface area contributed by atoms with Crippen LogP contribution in [0.5, 0.6) is 0 Å². The van der Waals surface area contributed by atoms with Gasteiger partial charge in [0.15, 0.2) is 0 Å². The lowest BCUT2D eigenvalue weighted by atomic mass is 10.1. The lowest BCUT2D eigenvalue weighted by Crippen LogP contribution is -2.45. The number of fused-ring (bicyclic) bond motifs is 1. The van der Waals surface area contributed by atoms with Crippen LogP contribution in [0.3, 0.4) is 0 Å². The zero-order chi connectivity index (χ0) is 15.7. The van der Waals surface area contributed by atoms with Gasteiger partial charge in [-0.05, 0) is 25.8 Å². The van der Waals surface area contributed by atoms with E-state index >= 15 is 0 Å². The van der Waals surface area contributed by atoms with Crippen LogP contribution in [-0.2, 0) is 6.42 Å². The lowest BCUT2D eigenvalue weighted by molar-refractivity contribution is 0.244. The zero-order valence-corrected chi connectivity index (χ0v) is 14.5. The minimum Gasteiger partial charge on any atom is -0.347 e. The smallest absolute Gasteiger partial charge is 0.241 e. The number of piperidine rings is 1. The molecule has 3 heterocycles. The third-order valence-corrected chi connectivity index (χ3v) is 3.96. The Hall–Kier alpha value is -1.47. The average Bonchev–Trinajstić information content (AvgIpc) is 2.77. The van der Waals surface area contributed by atoms with Crippen LogP contribution < -0.4 is 10.6 Å². The fourth-order valence-corrected chi connectivity index (χ4v) is 2.81. The number of rotatable bonds is 4. The van der Waals surface area contributed by atoms with Gasteiger partial charge in [0.25, 0.3) is 0 Å². The van der Waals surface area contributed by atoms with Crippen molar-refractivity contribution in [1.82, 2.24) is 24.9 Å². The highest BCUT2D eigenvalue weighted by Gasteiger charge is 2.25. The molecule has 0 unspecified atom stereocenters. The van der Waals surface area contributed by atoms with E-state index in [0.717, 1.165) is 36.4 Å². The fraction of sp³-hybridized carbons (Fsp3) is 0.667. The maximum Gasteiger partial charge on any atom is 0.241 e. The lowest BCUT2D eigenvalue weighted by Gasteiger charge is -2.27. The van der Waals surface area contributed by atoms with Crippen molar-refractivity contribution in [2.24, 2.45) is 5.92 Å². The number of hydrogen-bond donors (Lipinski definition) is 2. The van der Waals surface area contributed by atoms with E-state index in [1.165, 1.54) is 0 Å². The predicted octanol–water partition coefficient (Wildman–Crippen LogP) is 2.16. The van der Waals surface area contributed by atoms with Crippen molar-refractivity contribution in [3.05, 3.63) is 17.7 Å². The number of nitrogens with zero attached hydrogens (tertiary/aromatic N) is 4. The maximum atomic E-state index is 13.9. The van der Waals surface area contributed by atoms with Crippen molar-refractivity contribution in [2.45, 2.75) is 45.8 Å². The molecule has 0 aliphatic carbocycles. The Balaban J connectivity index is 0.00000192. The number of nitrogens with one attached hydrogen (secondary N) is 2. The van der Waals surface area contributed by atoms with Crippen LogP contribution in [0.2, 0.25) is 0 Å². The van der Waals surface area contributed by atoms with Crippen LogP contribution in [0.25, 0.3) is 5.52 Å². The minimum absolute atomic E-state index is 0. The molecule has 0 spiro atoms. The first kappa shape index (κ1) is 17.9. The summed E-state index contributed by atoms with van der Waals surface area (Å²) in [6.07, 6.45) is 2.41. The van der Waals surface area contributed by atoms with Crippen molar-refractivity contribution < 1.29 is 4.39 Å². The van der Waals surface area contributed by atoms with Gasteiger partial charge in [-0.2, -0.15) is 0 Å². The van der Waals surface area contributed by atoms with Crippen LogP contribution in [0, 0.1) is 12.8 Å². The predicted molar refractivity (Wildman–Crippen MR) is 91.1 cm³/mol. The second kappa shape index (κ2) is 7.40.